The Balaban J connectivity index is 2.03. The third kappa shape index (κ3) is 2.79. The zero-order valence-corrected chi connectivity index (χ0v) is 11.7. The number of aromatic nitrogens is 2. The van der Waals surface area contributed by atoms with Crippen molar-refractivity contribution in [2.24, 2.45) is 7.05 Å². The monoisotopic (exact) mass is 263 g/mol. The summed E-state index contributed by atoms with van der Waals surface area (Å²) in [6.07, 6.45) is 2.82. The summed E-state index contributed by atoms with van der Waals surface area (Å²) in [6, 6.07) is 4.07. The fourth-order valence-corrected chi connectivity index (χ4v) is 2.47. The molecule has 0 unspecified atom stereocenters. The van der Waals surface area contributed by atoms with Crippen LogP contribution in [0.1, 0.15) is 11.9 Å². The topological polar surface area (TPSA) is 38.1 Å². The van der Waals surface area contributed by atoms with E-state index in [9.17, 15) is 4.79 Å². The van der Waals surface area contributed by atoms with E-state index in [1.165, 1.54) is 0 Å². The quantitative estimate of drug-likeness (QED) is 0.848. The lowest BCUT2D eigenvalue weighted by Gasteiger charge is -2.12. The minimum absolute atomic E-state index is 0.0919. The van der Waals surface area contributed by atoms with Gasteiger partial charge in [-0.25, -0.2) is 4.98 Å². The first kappa shape index (κ1) is 12.8. The molecule has 1 amide bonds. The largest absolute Gasteiger partial charge is 0.349 e. The van der Waals surface area contributed by atoms with Crippen LogP contribution in [0.15, 0.2) is 23.7 Å². The molecule has 2 heterocycles. The van der Waals surface area contributed by atoms with Crippen LogP contribution in [0.3, 0.4) is 0 Å². The highest BCUT2D eigenvalue weighted by atomic mass is 32.1. The zero-order valence-electron chi connectivity index (χ0n) is 10.9. The van der Waals surface area contributed by atoms with Crippen molar-refractivity contribution in [3.8, 4) is 11.4 Å². The molecule has 0 saturated carbocycles. The molecule has 0 fully saturated rings. The van der Waals surface area contributed by atoms with Gasteiger partial charge in [0.05, 0.1) is 16.4 Å². The average molecular weight is 263 g/mol. The van der Waals surface area contributed by atoms with Gasteiger partial charge in [0, 0.05) is 45.6 Å². The molecule has 0 N–H and O–H groups in total. The van der Waals surface area contributed by atoms with E-state index in [0.717, 1.165) is 29.4 Å². The Labute approximate surface area is 111 Å². The molecule has 18 heavy (non-hydrogen) atoms. The van der Waals surface area contributed by atoms with Crippen LogP contribution in [0.25, 0.3) is 11.4 Å². The van der Waals surface area contributed by atoms with Crippen molar-refractivity contribution in [3.63, 3.8) is 0 Å². The van der Waals surface area contributed by atoms with Crippen molar-refractivity contribution in [1.29, 1.82) is 0 Å². The minimum atomic E-state index is 0.0919. The first-order valence-electron chi connectivity index (χ1n) is 5.85. The van der Waals surface area contributed by atoms with Crippen LogP contribution in [0.5, 0.6) is 0 Å². The van der Waals surface area contributed by atoms with Gasteiger partial charge in [0.1, 0.15) is 0 Å². The van der Waals surface area contributed by atoms with Gasteiger partial charge in [0.15, 0.2) is 0 Å². The molecule has 0 spiro atoms. The van der Waals surface area contributed by atoms with Gasteiger partial charge in [0.2, 0.25) is 5.91 Å². The predicted molar refractivity (Wildman–Crippen MR) is 73.5 cm³/mol. The van der Waals surface area contributed by atoms with E-state index in [4.69, 9.17) is 0 Å². The second kappa shape index (κ2) is 5.35. The van der Waals surface area contributed by atoms with E-state index in [0.29, 0.717) is 0 Å². The van der Waals surface area contributed by atoms with Crippen LogP contribution in [-0.2, 0) is 18.3 Å². The number of likely N-dealkylation sites (N-methyl/N-ethyl adjacent to an activating group) is 1. The Bertz CT molecular complexity index is 544. The maximum absolute atomic E-state index is 11.1. The fraction of sp³-hybridized carbons (Fsp3) is 0.385. The van der Waals surface area contributed by atoms with E-state index < -0.39 is 0 Å². The molecule has 0 aliphatic carbocycles. The molecule has 4 nitrogen and oxygen atoms in total. The Hall–Kier alpha value is -1.62. The highest BCUT2D eigenvalue weighted by Gasteiger charge is 2.08. The molecule has 0 aliphatic rings. The van der Waals surface area contributed by atoms with Gasteiger partial charge in [-0.1, -0.05) is 0 Å². The van der Waals surface area contributed by atoms with Gasteiger partial charge in [-0.05, 0) is 12.1 Å². The lowest BCUT2D eigenvalue weighted by Crippen LogP contribution is -2.26. The molecule has 0 aromatic carbocycles. The Morgan fingerprint density at radius 1 is 1.56 bits per heavy atom. The molecule has 0 saturated heterocycles. The number of nitrogens with zero attached hydrogens (tertiary/aromatic N) is 3. The number of hydrogen-bond acceptors (Lipinski definition) is 3. The highest BCUT2D eigenvalue weighted by Crippen LogP contribution is 2.22. The second-order valence-corrected chi connectivity index (χ2v) is 5.26. The molecule has 96 valence electrons. The SMILES string of the molecule is CC(=O)N(C)CCc1nc(-c2cccn2C)cs1. The van der Waals surface area contributed by atoms with E-state index in [-0.39, 0.29) is 5.91 Å². The summed E-state index contributed by atoms with van der Waals surface area (Å²) < 4.78 is 2.06. The third-order valence-corrected chi connectivity index (χ3v) is 3.87. The number of amides is 1. The van der Waals surface area contributed by atoms with E-state index in [1.807, 2.05) is 26.4 Å². The summed E-state index contributed by atoms with van der Waals surface area (Å²) in [5, 5.41) is 3.14. The maximum Gasteiger partial charge on any atom is 0.219 e. The molecule has 0 radical (unpaired) electrons. The van der Waals surface area contributed by atoms with Crippen molar-refractivity contribution >= 4 is 17.2 Å². The van der Waals surface area contributed by atoms with Crippen LogP contribution >= 0.6 is 11.3 Å². The molecule has 2 rings (SSSR count). The van der Waals surface area contributed by atoms with Crippen LogP contribution in [0.4, 0.5) is 0 Å². The Morgan fingerprint density at radius 2 is 2.33 bits per heavy atom. The van der Waals surface area contributed by atoms with Crippen LogP contribution in [0, 0.1) is 0 Å². The zero-order chi connectivity index (χ0) is 13.1. The second-order valence-electron chi connectivity index (χ2n) is 4.32. The molecule has 2 aromatic rings. The summed E-state index contributed by atoms with van der Waals surface area (Å²) in [4.78, 5) is 17.4. The molecule has 5 heteroatoms. The van der Waals surface area contributed by atoms with Crippen molar-refractivity contribution < 1.29 is 4.79 Å². The molecule has 0 aliphatic heterocycles. The summed E-state index contributed by atoms with van der Waals surface area (Å²) in [7, 11) is 3.83. The highest BCUT2D eigenvalue weighted by molar-refractivity contribution is 7.09. The van der Waals surface area contributed by atoms with E-state index in [2.05, 4.69) is 21.0 Å². The molecule has 2 aromatic heterocycles. The van der Waals surface area contributed by atoms with Gasteiger partial charge in [-0.15, -0.1) is 11.3 Å². The summed E-state index contributed by atoms with van der Waals surface area (Å²) in [6.45, 7) is 2.30. The minimum Gasteiger partial charge on any atom is -0.349 e. The lowest BCUT2D eigenvalue weighted by molar-refractivity contribution is -0.127. The normalized spacial score (nSPS) is 10.6. The summed E-state index contributed by atoms with van der Waals surface area (Å²) in [5.74, 6) is 0.0919. The maximum atomic E-state index is 11.1. The summed E-state index contributed by atoms with van der Waals surface area (Å²) >= 11 is 1.65. The molecular formula is C13H17N3OS. The van der Waals surface area contributed by atoms with Crippen molar-refractivity contribution in [2.45, 2.75) is 13.3 Å². The number of carbonyl (C=O) groups excluding carboxylic acids is 1. The summed E-state index contributed by atoms with van der Waals surface area (Å²) in [5.41, 5.74) is 2.13. The van der Waals surface area contributed by atoms with Crippen LogP contribution in [-0.4, -0.2) is 34.0 Å². The number of carbonyl (C=O) groups is 1. The number of thiazole rings is 1. The third-order valence-electron chi connectivity index (χ3n) is 2.96. The van der Waals surface area contributed by atoms with Crippen molar-refractivity contribution in [1.82, 2.24) is 14.5 Å². The fourth-order valence-electron chi connectivity index (χ4n) is 1.69. The number of aryl methyl sites for hydroxylation is 1. The number of hydrogen-bond donors (Lipinski definition) is 0. The number of rotatable bonds is 4. The lowest BCUT2D eigenvalue weighted by atomic mass is 10.3. The van der Waals surface area contributed by atoms with E-state index in [1.54, 1.807) is 23.2 Å². The van der Waals surface area contributed by atoms with Gasteiger partial charge in [-0.3, -0.25) is 4.79 Å². The van der Waals surface area contributed by atoms with Crippen LogP contribution < -0.4 is 0 Å². The smallest absolute Gasteiger partial charge is 0.219 e. The first-order chi connectivity index (χ1) is 8.58. The molecular weight excluding hydrogens is 246 g/mol. The van der Waals surface area contributed by atoms with Gasteiger partial charge in [0.25, 0.3) is 0 Å². The predicted octanol–water partition coefficient (Wildman–Crippen LogP) is 2.17. The Kier molecular flexibility index (Phi) is 3.81. The van der Waals surface area contributed by atoms with Gasteiger partial charge < -0.3 is 9.47 Å². The van der Waals surface area contributed by atoms with E-state index >= 15 is 0 Å². The van der Waals surface area contributed by atoms with Crippen molar-refractivity contribution in [3.05, 3.63) is 28.7 Å². The molecule has 0 atom stereocenters. The van der Waals surface area contributed by atoms with Crippen LogP contribution in [0.2, 0.25) is 0 Å². The van der Waals surface area contributed by atoms with Gasteiger partial charge >= 0.3 is 0 Å². The first-order valence-corrected chi connectivity index (χ1v) is 6.73. The molecule has 0 bridgehead atoms. The van der Waals surface area contributed by atoms with Crippen molar-refractivity contribution in [2.75, 3.05) is 13.6 Å². The average Bonchev–Trinajstić information content (AvgIpc) is 2.94. The van der Waals surface area contributed by atoms with Gasteiger partial charge in [-0.2, -0.15) is 0 Å². The standard InChI is InChI=1S/C13H17N3OS/c1-10(17)15(2)8-6-13-14-11(9-18-13)12-5-4-7-16(12)3/h4-5,7,9H,6,8H2,1-3H3. The Morgan fingerprint density at radius 3 is 2.94 bits per heavy atom.